The molecule has 0 aliphatic carbocycles. The summed E-state index contributed by atoms with van der Waals surface area (Å²) in [6, 6.07) is 12.7. The van der Waals surface area contributed by atoms with Crippen LogP contribution in [0.3, 0.4) is 0 Å². The Balaban J connectivity index is 1.97. The molecule has 0 spiro atoms. The van der Waals surface area contributed by atoms with Crippen LogP contribution in [0.4, 0.5) is 5.69 Å². The molecule has 0 atom stereocenters. The van der Waals surface area contributed by atoms with E-state index >= 15 is 0 Å². The maximum absolute atomic E-state index is 12.8. The number of methoxy groups -OCH3 is 1. The van der Waals surface area contributed by atoms with Crippen LogP contribution in [0.25, 0.3) is 6.08 Å². The third kappa shape index (κ3) is 3.93. The summed E-state index contributed by atoms with van der Waals surface area (Å²) in [5.74, 6) is 0.0120. The summed E-state index contributed by atoms with van der Waals surface area (Å²) in [4.78, 5) is 24.1. The van der Waals surface area contributed by atoms with Crippen molar-refractivity contribution < 1.29 is 19.1 Å². The zero-order valence-electron chi connectivity index (χ0n) is 15.0. The Bertz CT molecular complexity index is 967. The summed E-state index contributed by atoms with van der Waals surface area (Å²) < 4.78 is 11.0. The molecule has 0 N–H and O–H groups in total. The Labute approximate surface area is 165 Å². The van der Waals surface area contributed by atoms with Crippen molar-refractivity contribution >= 4 is 45.3 Å². The van der Waals surface area contributed by atoms with Crippen LogP contribution in [0, 0.1) is 0 Å². The topological polar surface area (TPSA) is 68.2 Å². The lowest BCUT2D eigenvalue weighted by atomic mass is 10.1. The maximum Gasteiger partial charge on any atom is 0.308 e. The Morgan fingerprint density at radius 3 is 2.56 bits per heavy atom. The first-order valence-electron chi connectivity index (χ1n) is 8.13. The second-order valence-corrected chi connectivity index (χ2v) is 6.68. The van der Waals surface area contributed by atoms with Crippen molar-refractivity contribution in [1.29, 1.82) is 0 Å². The molecule has 1 aliphatic rings. The summed E-state index contributed by atoms with van der Waals surface area (Å²) in [6.07, 6.45) is 1.73. The predicted octanol–water partition coefficient (Wildman–Crippen LogP) is 4.19. The number of hydrogen-bond donors (Lipinski definition) is 0. The number of anilines is 1. The highest BCUT2D eigenvalue weighted by Gasteiger charge is 2.28. The lowest BCUT2D eigenvalue weighted by Gasteiger charge is -2.12. The van der Waals surface area contributed by atoms with Gasteiger partial charge < -0.3 is 9.47 Å². The molecule has 0 saturated heterocycles. The van der Waals surface area contributed by atoms with Crippen LogP contribution >= 0.6 is 15.9 Å². The van der Waals surface area contributed by atoms with E-state index in [2.05, 4.69) is 21.0 Å². The fourth-order valence-corrected chi connectivity index (χ4v) is 3.20. The van der Waals surface area contributed by atoms with Crippen LogP contribution in [0.15, 0.2) is 57.6 Å². The smallest absolute Gasteiger partial charge is 0.308 e. The zero-order valence-corrected chi connectivity index (χ0v) is 16.6. The number of hydrazone groups is 1. The molecule has 0 saturated carbocycles. The quantitative estimate of drug-likeness (QED) is 0.415. The average Bonchev–Trinajstić information content (AvgIpc) is 2.92. The second kappa shape index (κ2) is 7.75. The average molecular weight is 429 g/mol. The van der Waals surface area contributed by atoms with Crippen molar-refractivity contribution in [3.8, 4) is 11.5 Å². The van der Waals surface area contributed by atoms with Gasteiger partial charge in [0.25, 0.3) is 5.91 Å². The third-order valence-corrected chi connectivity index (χ3v) is 4.46. The van der Waals surface area contributed by atoms with Crippen molar-refractivity contribution in [2.24, 2.45) is 5.10 Å². The SMILES string of the molecule is COc1cc(C=C2C(=O)N(c3ccccc3)N=C2C)cc(Br)c1OC(C)=O. The maximum atomic E-state index is 12.8. The summed E-state index contributed by atoms with van der Waals surface area (Å²) in [5, 5.41) is 5.73. The molecule has 7 heteroatoms. The minimum atomic E-state index is -0.451. The van der Waals surface area contributed by atoms with Crippen molar-refractivity contribution in [2.75, 3.05) is 12.1 Å². The van der Waals surface area contributed by atoms with E-state index < -0.39 is 5.97 Å². The van der Waals surface area contributed by atoms with Crippen molar-refractivity contribution in [3.05, 3.63) is 58.1 Å². The number of nitrogens with zero attached hydrogens (tertiary/aromatic N) is 2. The Morgan fingerprint density at radius 2 is 1.93 bits per heavy atom. The molecule has 0 bridgehead atoms. The zero-order chi connectivity index (χ0) is 19.6. The van der Waals surface area contributed by atoms with Crippen LogP contribution < -0.4 is 14.5 Å². The molecule has 0 aromatic heterocycles. The van der Waals surface area contributed by atoms with E-state index in [1.54, 1.807) is 25.1 Å². The lowest BCUT2D eigenvalue weighted by Crippen LogP contribution is -2.21. The van der Waals surface area contributed by atoms with Gasteiger partial charge in [-0.25, -0.2) is 0 Å². The van der Waals surface area contributed by atoms with Crippen LogP contribution in [-0.4, -0.2) is 24.7 Å². The van der Waals surface area contributed by atoms with E-state index in [4.69, 9.17) is 9.47 Å². The van der Waals surface area contributed by atoms with Gasteiger partial charge in [-0.15, -0.1) is 0 Å². The second-order valence-electron chi connectivity index (χ2n) is 5.82. The van der Waals surface area contributed by atoms with Gasteiger partial charge in [0.1, 0.15) is 0 Å². The van der Waals surface area contributed by atoms with E-state index in [1.165, 1.54) is 19.0 Å². The molecule has 0 radical (unpaired) electrons. The van der Waals surface area contributed by atoms with Gasteiger partial charge in [0.2, 0.25) is 0 Å². The van der Waals surface area contributed by atoms with E-state index in [1.807, 2.05) is 30.3 Å². The first-order chi connectivity index (χ1) is 12.9. The van der Waals surface area contributed by atoms with Gasteiger partial charge in [-0.1, -0.05) is 18.2 Å². The highest BCUT2D eigenvalue weighted by Crippen LogP contribution is 2.37. The Morgan fingerprint density at radius 1 is 1.22 bits per heavy atom. The monoisotopic (exact) mass is 428 g/mol. The molecule has 2 aromatic rings. The number of ether oxygens (including phenoxy) is 2. The Kier molecular flexibility index (Phi) is 5.41. The number of carbonyl (C=O) groups is 2. The molecule has 1 aliphatic heterocycles. The number of rotatable bonds is 4. The number of esters is 1. The Hall–Kier alpha value is -2.93. The molecule has 0 unspecified atom stereocenters. The molecule has 1 heterocycles. The molecule has 0 fully saturated rings. The van der Waals surface area contributed by atoms with Crippen LogP contribution in [0.2, 0.25) is 0 Å². The van der Waals surface area contributed by atoms with Gasteiger partial charge in [0.15, 0.2) is 11.5 Å². The standard InChI is InChI=1S/C20H17BrN2O4/c1-12-16(20(25)23(22-12)15-7-5-4-6-8-15)9-14-10-17(21)19(27-13(2)24)18(11-14)26-3/h4-11H,1-3H3. The molecule has 1 amide bonds. The highest BCUT2D eigenvalue weighted by atomic mass is 79.9. The number of carbonyl (C=O) groups excluding carboxylic acids is 2. The van der Waals surface area contributed by atoms with Gasteiger partial charge in [-0.05, 0) is 58.8 Å². The minimum absolute atomic E-state index is 0.210. The normalized spacial score (nSPS) is 15.1. The highest BCUT2D eigenvalue weighted by molar-refractivity contribution is 9.10. The molecule has 27 heavy (non-hydrogen) atoms. The number of halogens is 1. The lowest BCUT2D eigenvalue weighted by molar-refractivity contribution is -0.132. The number of para-hydroxylation sites is 1. The van der Waals surface area contributed by atoms with Gasteiger partial charge in [0, 0.05) is 6.92 Å². The number of benzene rings is 2. The van der Waals surface area contributed by atoms with Crippen molar-refractivity contribution in [1.82, 2.24) is 0 Å². The van der Waals surface area contributed by atoms with Crippen LogP contribution in [0.5, 0.6) is 11.5 Å². The number of amides is 1. The largest absolute Gasteiger partial charge is 0.493 e. The number of hydrogen-bond acceptors (Lipinski definition) is 5. The van der Waals surface area contributed by atoms with E-state index in [0.29, 0.717) is 38.5 Å². The fraction of sp³-hybridized carbons (Fsp3) is 0.150. The van der Waals surface area contributed by atoms with E-state index in [9.17, 15) is 9.59 Å². The molecule has 2 aromatic carbocycles. The first kappa shape index (κ1) is 18.8. The fourth-order valence-electron chi connectivity index (χ4n) is 2.66. The summed E-state index contributed by atoms with van der Waals surface area (Å²) >= 11 is 3.38. The van der Waals surface area contributed by atoms with Gasteiger partial charge in [-0.3, -0.25) is 9.59 Å². The molecule has 3 rings (SSSR count). The molecule has 6 nitrogen and oxygen atoms in total. The summed E-state index contributed by atoms with van der Waals surface area (Å²) in [7, 11) is 1.48. The van der Waals surface area contributed by atoms with E-state index in [-0.39, 0.29) is 5.91 Å². The summed E-state index contributed by atoms with van der Waals surface area (Å²) in [5.41, 5.74) is 2.51. The van der Waals surface area contributed by atoms with Crippen LogP contribution in [-0.2, 0) is 9.59 Å². The summed E-state index contributed by atoms with van der Waals surface area (Å²) in [6.45, 7) is 3.10. The van der Waals surface area contributed by atoms with Crippen molar-refractivity contribution in [3.63, 3.8) is 0 Å². The third-order valence-electron chi connectivity index (χ3n) is 3.87. The van der Waals surface area contributed by atoms with Gasteiger partial charge >= 0.3 is 5.97 Å². The first-order valence-corrected chi connectivity index (χ1v) is 8.92. The molecular formula is C20H17BrN2O4. The van der Waals surface area contributed by atoms with Crippen molar-refractivity contribution in [2.45, 2.75) is 13.8 Å². The predicted molar refractivity (Wildman–Crippen MR) is 107 cm³/mol. The molecule has 138 valence electrons. The van der Waals surface area contributed by atoms with Gasteiger partial charge in [0.05, 0.1) is 28.6 Å². The van der Waals surface area contributed by atoms with Crippen LogP contribution in [0.1, 0.15) is 19.4 Å². The molecular weight excluding hydrogens is 412 g/mol. The minimum Gasteiger partial charge on any atom is -0.493 e. The van der Waals surface area contributed by atoms with Gasteiger partial charge in [-0.2, -0.15) is 10.1 Å². The van der Waals surface area contributed by atoms with E-state index in [0.717, 1.165) is 0 Å².